The number of hydrogen-bond donors (Lipinski definition) is 1. The van der Waals surface area contributed by atoms with E-state index in [0.717, 1.165) is 67.2 Å². The van der Waals surface area contributed by atoms with Gasteiger partial charge in [0.1, 0.15) is 18.1 Å². The van der Waals surface area contributed by atoms with E-state index in [1.165, 1.54) is 27.8 Å². The molecule has 0 aliphatic heterocycles. The quantitative estimate of drug-likeness (QED) is 0.348. The van der Waals surface area contributed by atoms with Crippen molar-refractivity contribution >= 4 is 5.69 Å². The van der Waals surface area contributed by atoms with E-state index in [1.54, 1.807) is 7.11 Å². The Morgan fingerprint density at radius 3 is 2.47 bits per heavy atom. The second kappa shape index (κ2) is 11.8. The SMILES string of the molecule is CCc1cccc(CC)c1-c1cc(OCCN(C)C)c2c(n1)CCCC2Nc1cc(OC)ccc1C. The molecule has 3 aromatic rings. The van der Waals surface area contributed by atoms with Gasteiger partial charge in [-0.2, -0.15) is 0 Å². The second-order valence-corrected chi connectivity index (χ2v) is 9.95. The van der Waals surface area contributed by atoms with Crippen LogP contribution in [0.2, 0.25) is 0 Å². The third-order valence-corrected chi connectivity index (χ3v) is 7.18. The third kappa shape index (κ3) is 5.67. The van der Waals surface area contributed by atoms with Gasteiger partial charge >= 0.3 is 0 Å². The maximum absolute atomic E-state index is 6.52. The molecule has 1 aliphatic rings. The molecule has 1 heterocycles. The molecule has 2 aromatic carbocycles. The molecule has 0 saturated heterocycles. The summed E-state index contributed by atoms with van der Waals surface area (Å²) in [6.45, 7) is 8.09. The van der Waals surface area contributed by atoms with Crippen LogP contribution in [0, 0.1) is 6.92 Å². The number of ether oxygens (including phenoxy) is 2. The summed E-state index contributed by atoms with van der Waals surface area (Å²) in [7, 11) is 5.88. The highest BCUT2D eigenvalue weighted by molar-refractivity contribution is 5.71. The molecule has 0 amide bonds. The first-order chi connectivity index (χ1) is 17.4. The first-order valence-electron chi connectivity index (χ1n) is 13.3. The van der Waals surface area contributed by atoms with Crippen molar-refractivity contribution in [3.8, 4) is 22.8 Å². The molecule has 0 saturated carbocycles. The summed E-state index contributed by atoms with van der Waals surface area (Å²) < 4.78 is 12.0. The Morgan fingerprint density at radius 2 is 1.81 bits per heavy atom. The Labute approximate surface area is 216 Å². The molecule has 0 spiro atoms. The average Bonchev–Trinajstić information content (AvgIpc) is 2.89. The number of rotatable bonds is 10. The van der Waals surface area contributed by atoms with Crippen molar-refractivity contribution in [2.45, 2.75) is 58.9 Å². The molecular formula is C31H41N3O2. The molecule has 0 bridgehead atoms. The van der Waals surface area contributed by atoms with Gasteiger partial charge in [0.05, 0.1) is 24.5 Å². The fourth-order valence-corrected chi connectivity index (χ4v) is 5.14. The van der Waals surface area contributed by atoms with Crippen molar-refractivity contribution in [1.82, 2.24) is 9.88 Å². The summed E-state index contributed by atoms with van der Waals surface area (Å²) in [6, 6.07) is 15.2. The molecule has 192 valence electrons. The minimum atomic E-state index is 0.141. The van der Waals surface area contributed by atoms with E-state index in [4.69, 9.17) is 14.5 Å². The monoisotopic (exact) mass is 487 g/mol. The second-order valence-electron chi connectivity index (χ2n) is 9.95. The molecule has 4 rings (SSSR count). The number of pyridine rings is 1. The van der Waals surface area contributed by atoms with Gasteiger partial charge in [0.25, 0.3) is 0 Å². The Hall–Kier alpha value is -3.05. The molecule has 36 heavy (non-hydrogen) atoms. The summed E-state index contributed by atoms with van der Waals surface area (Å²) in [5.74, 6) is 1.82. The molecule has 1 aromatic heterocycles. The van der Waals surface area contributed by atoms with Crippen LogP contribution in [0.25, 0.3) is 11.3 Å². The summed E-state index contributed by atoms with van der Waals surface area (Å²) >= 11 is 0. The minimum Gasteiger partial charge on any atom is -0.497 e. The van der Waals surface area contributed by atoms with Crippen LogP contribution in [0.4, 0.5) is 5.69 Å². The predicted octanol–water partition coefficient (Wildman–Crippen LogP) is 6.62. The summed E-state index contributed by atoms with van der Waals surface area (Å²) in [6.07, 6.45) is 5.08. The van der Waals surface area contributed by atoms with Crippen molar-refractivity contribution in [2.24, 2.45) is 0 Å². The fraction of sp³-hybridized carbons (Fsp3) is 0.452. The molecule has 0 radical (unpaired) electrons. The standard InChI is InChI=1S/C31H41N3O2/c1-7-22-11-9-12-23(8-2)30(22)28-20-29(36-18-17-34(4)5)31-25(13-10-14-26(31)33-28)32-27-19-24(35-6)16-15-21(27)3/h9,11-12,15-16,19-20,25,32H,7-8,10,13-14,17-18H2,1-6H3. The van der Waals surface area contributed by atoms with Gasteiger partial charge in [-0.3, -0.25) is 4.98 Å². The number of methoxy groups -OCH3 is 1. The average molecular weight is 488 g/mol. The van der Waals surface area contributed by atoms with Gasteiger partial charge in [-0.15, -0.1) is 0 Å². The number of hydrogen-bond acceptors (Lipinski definition) is 5. The lowest BCUT2D eigenvalue weighted by molar-refractivity contribution is 0.257. The number of aryl methyl sites for hydroxylation is 4. The van der Waals surface area contributed by atoms with E-state index < -0.39 is 0 Å². The maximum atomic E-state index is 6.52. The number of aromatic nitrogens is 1. The Bertz CT molecular complexity index is 1170. The smallest absolute Gasteiger partial charge is 0.128 e. The number of nitrogens with one attached hydrogen (secondary N) is 1. The van der Waals surface area contributed by atoms with Crippen LogP contribution in [-0.4, -0.2) is 44.2 Å². The Balaban J connectivity index is 1.80. The molecule has 1 N–H and O–H groups in total. The lowest BCUT2D eigenvalue weighted by atomic mass is 9.88. The number of likely N-dealkylation sites (N-methyl/N-ethyl adjacent to an activating group) is 1. The molecule has 1 aliphatic carbocycles. The van der Waals surface area contributed by atoms with Gasteiger partial charge in [0.15, 0.2) is 0 Å². The van der Waals surface area contributed by atoms with E-state index in [-0.39, 0.29) is 6.04 Å². The zero-order valence-electron chi connectivity index (χ0n) is 22.8. The van der Waals surface area contributed by atoms with Crippen molar-refractivity contribution in [3.05, 3.63) is 70.4 Å². The topological polar surface area (TPSA) is 46.6 Å². The van der Waals surface area contributed by atoms with Crippen LogP contribution in [0.3, 0.4) is 0 Å². The normalized spacial score (nSPS) is 15.0. The van der Waals surface area contributed by atoms with Crippen molar-refractivity contribution < 1.29 is 9.47 Å². The van der Waals surface area contributed by atoms with E-state index in [2.05, 4.69) is 81.5 Å². The third-order valence-electron chi connectivity index (χ3n) is 7.18. The van der Waals surface area contributed by atoms with Gasteiger partial charge in [-0.1, -0.05) is 38.1 Å². The molecular weight excluding hydrogens is 446 g/mol. The molecule has 1 unspecified atom stereocenters. The highest BCUT2D eigenvalue weighted by Gasteiger charge is 2.28. The number of benzene rings is 2. The highest BCUT2D eigenvalue weighted by atomic mass is 16.5. The largest absolute Gasteiger partial charge is 0.497 e. The lowest BCUT2D eigenvalue weighted by Crippen LogP contribution is -2.23. The number of fused-ring (bicyclic) bond motifs is 1. The summed E-state index contributed by atoms with van der Waals surface area (Å²) in [5.41, 5.74) is 9.68. The van der Waals surface area contributed by atoms with E-state index in [1.807, 2.05) is 6.07 Å². The number of nitrogens with zero attached hydrogens (tertiary/aromatic N) is 2. The first kappa shape index (κ1) is 26.0. The first-order valence-corrected chi connectivity index (χ1v) is 13.3. The zero-order valence-corrected chi connectivity index (χ0v) is 22.8. The van der Waals surface area contributed by atoms with Crippen LogP contribution in [0.1, 0.15) is 60.7 Å². The summed E-state index contributed by atoms with van der Waals surface area (Å²) in [4.78, 5) is 7.46. The van der Waals surface area contributed by atoms with E-state index in [0.29, 0.717) is 6.61 Å². The molecule has 5 heteroatoms. The Kier molecular flexibility index (Phi) is 8.52. The minimum absolute atomic E-state index is 0.141. The van der Waals surface area contributed by atoms with E-state index >= 15 is 0 Å². The number of anilines is 1. The molecule has 5 nitrogen and oxygen atoms in total. The predicted molar refractivity (Wildman–Crippen MR) is 150 cm³/mol. The fourth-order valence-electron chi connectivity index (χ4n) is 5.14. The lowest BCUT2D eigenvalue weighted by Gasteiger charge is -2.30. The van der Waals surface area contributed by atoms with Gasteiger partial charge in [0.2, 0.25) is 0 Å². The van der Waals surface area contributed by atoms with Crippen LogP contribution in [0.5, 0.6) is 11.5 Å². The van der Waals surface area contributed by atoms with Gasteiger partial charge in [-0.05, 0) is 75.9 Å². The molecule has 0 fully saturated rings. The van der Waals surface area contributed by atoms with Crippen molar-refractivity contribution in [2.75, 3.05) is 39.7 Å². The molecule has 1 atom stereocenters. The van der Waals surface area contributed by atoms with Gasteiger partial charge < -0.3 is 19.7 Å². The van der Waals surface area contributed by atoms with Crippen LogP contribution >= 0.6 is 0 Å². The Morgan fingerprint density at radius 1 is 1.06 bits per heavy atom. The van der Waals surface area contributed by atoms with E-state index in [9.17, 15) is 0 Å². The van der Waals surface area contributed by atoms with Crippen LogP contribution in [-0.2, 0) is 19.3 Å². The van der Waals surface area contributed by atoms with Gasteiger partial charge in [-0.25, -0.2) is 0 Å². The highest BCUT2D eigenvalue weighted by Crippen LogP contribution is 2.41. The summed E-state index contributed by atoms with van der Waals surface area (Å²) in [5, 5.41) is 3.81. The maximum Gasteiger partial charge on any atom is 0.128 e. The van der Waals surface area contributed by atoms with Crippen molar-refractivity contribution in [3.63, 3.8) is 0 Å². The van der Waals surface area contributed by atoms with Crippen LogP contribution < -0.4 is 14.8 Å². The van der Waals surface area contributed by atoms with Crippen LogP contribution in [0.15, 0.2) is 42.5 Å². The van der Waals surface area contributed by atoms with Crippen molar-refractivity contribution in [1.29, 1.82) is 0 Å². The zero-order chi connectivity index (χ0) is 25.7. The van der Waals surface area contributed by atoms with Gasteiger partial charge in [0, 0.05) is 35.5 Å².